The number of carbonyl (C=O) groups excluding carboxylic acids is 1. The predicted molar refractivity (Wildman–Crippen MR) is 91.0 cm³/mol. The normalized spacial score (nSPS) is 15.6. The highest BCUT2D eigenvalue weighted by Gasteiger charge is 2.33. The van der Waals surface area contributed by atoms with Crippen LogP contribution < -0.4 is 11.2 Å². The van der Waals surface area contributed by atoms with Crippen molar-refractivity contribution >= 4 is 5.97 Å². The summed E-state index contributed by atoms with van der Waals surface area (Å²) in [4.78, 5) is 37.3. The van der Waals surface area contributed by atoms with Gasteiger partial charge in [0.25, 0.3) is 5.56 Å². The molecule has 0 aliphatic carbocycles. The summed E-state index contributed by atoms with van der Waals surface area (Å²) in [5.74, 6) is -1.72. The molecule has 0 fully saturated rings. The second-order valence-electron chi connectivity index (χ2n) is 5.94. The van der Waals surface area contributed by atoms with Gasteiger partial charge in [0.15, 0.2) is 0 Å². The number of fused-ring (bicyclic) bond motifs is 1. The van der Waals surface area contributed by atoms with Gasteiger partial charge in [0.05, 0.1) is 17.4 Å². The Kier molecular flexibility index (Phi) is 3.57. The quantitative estimate of drug-likeness (QED) is 0.663. The van der Waals surface area contributed by atoms with Crippen molar-refractivity contribution in [1.29, 1.82) is 0 Å². The molecule has 2 heterocycles. The van der Waals surface area contributed by atoms with Gasteiger partial charge in [-0.25, -0.2) is 14.2 Å². The Labute approximate surface area is 146 Å². The first-order valence-electron chi connectivity index (χ1n) is 7.88. The van der Waals surface area contributed by atoms with Crippen LogP contribution in [0.2, 0.25) is 0 Å². The standard InChI is InChI=1S/C19H13FN2O4/c1-11-6-2-5-9-15(11)22-16(23)14(20)10-21(19(22)25)17-12-7-3-4-8-13(12)18(24)26-17/h2-10,17H,1H3. The van der Waals surface area contributed by atoms with Gasteiger partial charge in [0.1, 0.15) is 0 Å². The molecule has 0 bridgehead atoms. The highest BCUT2D eigenvalue weighted by molar-refractivity contribution is 5.93. The van der Waals surface area contributed by atoms with Crippen LogP contribution >= 0.6 is 0 Å². The third-order valence-corrected chi connectivity index (χ3v) is 4.35. The first-order chi connectivity index (χ1) is 12.5. The summed E-state index contributed by atoms with van der Waals surface area (Å²) in [5.41, 5.74) is -0.202. The fraction of sp³-hybridized carbons (Fsp3) is 0.105. The zero-order chi connectivity index (χ0) is 18.4. The highest BCUT2D eigenvalue weighted by atomic mass is 19.1. The number of para-hydroxylation sites is 1. The monoisotopic (exact) mass is 352 g/mol. The number of hydrogen-bond donors (Lipinski definition) is 0. The Bertz CT molecular complexity index is 1160. The van der Waals surface area contributed by atoms with Crippen molar-refractivity contribution in [3.63, 3.8) is 0 Å². The van der Waals surface area contributed by atoms with E-state index in [0.29, 0.717) is 16.7 Å². The van der Waals surface area contributed by atoms with E-state index in [9.17, 15) is 18.8 Å². The van der Waals surface area contributed by atoms with E-state index in [2.05, 4.69) is 0 Å². The molecule has 2 aromatic carbocycles. The van der Waals surface area contributed by atoms with Crippen LogP contribution in [0.1, 0.15) is 27.7 Å². The van der Waals surface area contributed by atoms with Crippen molar-refractivity contribution in [2.75, 3.05) is 0 Å². The molecule has 130 valence electrons. The van der Waals surface area contributed by atoms with Crippen LogP contribution in [0.25, 0.3) is 5.69 Å². The molecule has 6 nitrogen and oxygen atoms in total. The van der Waals surface area contributed by atoms with E-state index in [4.69, 9.17) is 4.74 Å². The number of cyclic esters (lactones) is 1. The molecule has 4 rings (SSSR count). The molecule has 1 atom stereocenters. The number of aryl methyl sites for hydroxylation is 1. The molecular weight excluding hydrogens is 339 g/mol. The van der Waals surface area contributed by atoms with Crippen LogP contribution in [-0.2, 0) is 4.74 Å². The summed E-state index contributed by atoms with van der Waals surface area (Å²) in [6, 6.07) is 13.2. The third-order valence-electron chi connectivity index (χ3n) is 4.35. The smallest absolute Gasteiger partial charge is 0.340 e. The molecular formula is C19H13FN2O4. The Balaban J connectivity index is 1.99. The maximum absolute atomic E-state index is 14.3. The van der Waals surface area contributed by atoms with Gasteiger partial charge in [-0.2, -0.15) is 4.39 Å². The summed E-state index contributed by atoms with van der Waals surface area (Å²) in [6.45, 7) is 1.71. The van der Waals surface area contributed by atoms with E-state index >= 15 is 0 Å². The van der Waals surface area contributed by atoms with E-state index in [0.717, 1.165) is 15.3 Å². The van der Waals surface area contributed by atoms with Crippen LogP contribution in [0.15, 0.2) is 64.3 Å². The van der Waals surface area contributed by atoms with Crippen LogP contribution in [0.4, 0.5) is 4.39 Å². The lowest BCUT2D eigenvalue weighted by atomic mass is 10.1. The Morgan fingerprint density at radius 1 is 1.00 bits per heavy atom. The molecule has 0 amide bonds. The first kappa shape index (κ1) is 16.0. The van der Waals surface area contributed by atoms with Crippen molar-refractivity contribution in [2.45, 2.75) is 13.2 Å². The molecule has 7 heteroatoms. The number of hydrogen-bond acceptors (Lipinski definition) is 4. The number of halogens is 1. The molecule has 0 N–H and O–H groups in total. The molecule has 0 spiro atoms. The summed E-state index contributed by atoms with van der Waals surface area (Å²) < 4.78 is 21.3. The van der Waals surface area contributed by atoms with Gasteiger partial charge in [-0.1, -0.05) is 36.4 Å². The Morgan fingerprint density at radius 2 is 1.69 bits per heavy atom. The maximum Gasteiger partial charge on any atom is 0.340 e. The van der Waals surface area contributed by atoms with Gasteiger partial charge < -0.3 is 4.74 Å². The number of esters is 1. The Hall–Kier alpha value is -3.48. The van der Waals surface area contributed by atoms with Gasteiger partial charge in [-0.15, -0.1) is 0 Å². The van der Waals surface area contributed by atoms with Crippen LogP contribution in [0.3, 0.4) is 0 Å². The average molecular weight is 352 g/mol. The Morgan fingerprint density at radius 3 is 2.46 bits per heavy atom. The molecule has 3 aromatic rings. The molecule has 1 aromatic heterocycles. The molecule has 1 unspecified atom stereocenters. The number of ether oxygens (including phenoxy) is 1. The number of aromatic nitrogens is 2. The van der Waals surface area contributed by atoms with Crippen molar-refractivity contribution in [2.24, 2.45) is 0 Å². The van der Waals surface area contributed by atoms with E-state index in [-0.39, 0.29) is 5.69 Å². The summed E-state index contributed by atoms with van der Waals surface area (Å²) in [7, 11) is 0. The van der Waals surface area contributed by atoms with E-state index in [1.54, 1.807) is 55.5 Å². The zero-order valence-corrected chi connectivity index (χ0v) is 13.7. The first-order valence-corrected chi connectivity index (χ1v) is 7.88. The van der Waals surface area contributed by atoms with Crippen LogP contribution in [0, 0.1) is 12.7 Å². The fourth-order valence-corrected chi connectivity index (χ4v) is 3.07. The number of rotatable bonds is 2. The van der Waals surface area contributed by atoms with Crippen molar-refractivity contribution in [3.05, 3.63) is 98.1 Å². The topological polar surface area (TPSA) is 70.3 Å². The minimum Gasteiger partial charge on any atom is -0.433 e. The van der Waals surface area contributed by atoms with Gasteiger partial charge >= 0.3 is 11.7 Å². The van der Waals surface area contributed by atoms with E-state index in [1.807, 2.05) is 0 Å². The van der Waals surface area contributed by atoms with Crippen LogP contribution in [0.5, 0.6) is 0 Å². The summed E-state index contributed by atoms with van der Waals surface area (Å²) in [5, 5.41) is 0. The lowest BCUT2D eigenvalue weighted by molar-refractivity contribution is 0.0305. The molecule has 26 heavy (non-hydrogen) atoms. The molecule has 0 saturated carbocycles. The lowest BCUT2D eigenvalue weighted by Crippen LogP contribution is -2.42. The summed E-state index contributed by atoms with van der Waals surface area (Å²) in [6.07, 6.45) is -0.351. The maximum atomic E-state index is 14.3. The van der Waals surface area contributed by atoms with Gasteiger partial charge in [-0.3, -0.25) is 9.36 Å². The van der Waals surface area contributed by atoms with Gasteiger partial charge in [-0.05, 0) is 24.6 Å². The van der Waals surface area contributed by atoms with Gasteiger partial charge in [0, 0.05) is 5.56 Å². The zero-order valence-electron chi connectivity index (χ0n) is 13.7. The minimum absolute atomic E-state index is 0.272. The fourth-order valence-electron chi connectivity index (χ4n) is 3.07. The van der Waals surface area contributed by atoms with E-state index in [1.165, 1.54) is 0 Å². The molecule has 1 aliphatic rings. The molecule has 1 aliphatic heterocycles. The lowest BCUT2D eigenvalue weighted by Gasteiger charge is -2.17. The second kappa shape index (κ2) is 5.80. The summed E-state index contributed by atoms with van der Waals surface area (Å²) >= 11 is 0. The minimum atomic E-state index is -1.13. The van der Waals surface area contributed by atoms with Crippen molar-refractivity contribution in [3.8, 4) is 5.69 Å². The van der Waals surface area contributed by atoms with Crippen molar-refractivity contribution in [1.82, 2.24) is 9.13 Å². The number of benzene rings is 2. The average Bonchev–Trinajstić information content (AvgIpc) is 2.97. The third kappa shape index (κ3) is 2.28. The largest absolute Gasteiger partial charge is 0.433 e. The van der Waals surface area contributed by atoms with E-state index < -0.39 is 29.3 Å². The van der Waals surface area contributed by atoms with Crippen LogP contribution in [-0.4, -0.2) is 15.1 Å². The second-order valence-corrected chi connectivity index (χ2v) is 5.94. The number of nitrogens with zero attached hydrogens (tertiary/aromatic N) is 2. The molecule has 0 saturated heterocycles. The van der Waals surface area contributed by atoms with Crippen molar-refractivity contribution < 1.29 is 13.9 Å². The highest BCUT2D eigenvalue weighted by Crippen LogP contribution is 2.30. The molecule has 0 radical (unpaired) electrons. The predicted octanol–water partition coefficient (Wildman–Crippen LogP) is 2.16. The number of carbonyl (C=O) groups is 1. The SMILES string of the molecule is Cc1ccccc1-n1c(=O)c(F)cn(C2OC(=O)c3ccccc32)c1=O. The van der Waals surface area contributed by atoms with Gasteiger partial charge in [0.2, 0.25) is 12.0 Å².